The number of hydrogen-bond donors (Lipinski definition) is 7. The Morgan fingerprint density at radius 1 is 0.476 bits per heavy atom. The highest BCUT2D eigenvalue weighted by Gasteiger charge is 2.17. The highest BCUT2D eigenvalue weighted by molar-refractivity contribution is 5.95. The van der Waals surface area contributed by atoms with E-state index < -0.39 is 29.4 Å². The number of carboxylic acids is 1. The van der Waals surface area contributed by atoms with E-state index >= 15 is 0 Å². The summed E-state index contributed by atoms with van der Waals surface area (Å²) in [4.78, 5) is 71.2. The molecule has 6 aromatic rings. The van der Waals surface area contributed by atoms with Crippen molar-refractivity contribution < 1.29 is 52.8 Å². The predicted molar refractivity (Wildman–Crippen MR) is 327 cm³/mol. The number of pyridine rings is 3. The van der Waals surface area contributed by atoms with Crippen molar-refractivity contribution in [2.24, 2.45) is 11.5 Å². The molecule has 0 unspecified atom stereocenters. The number of amides is 4. The van der Waals surface area contributed by atoms with Crippen molar-refractivity contribution in [2.45, 2.75) is 94.7 Å². The number of nitrogens with one attached hydrogen (secondary N) is 4. The van der Waals surface area contributed by atoms with Gasteiger partial charge in [-0.15, -0.1) is 12.4 Å². The molecule has 0 spiro atoms. The van der Waals surface area contributed by atoms with Crippen molar-refractivity contribution in [3.8, 4) is 33.8 Å². The average Bonchev–Trinajstić information content (AvgIpc) is 3.42. The lowest BCUT2D eigenvalue weighted by atomic mass is 10.1. The van der Waals surface area contributed by atoms with Crippen LogP contribution in [0.1, 0.15) is 112 Å². The van der Waals surface area contributed by atoms with Gasteiger partial charge in [-0.1, -0.05) is 58.7 Å². The van der Waals surface area contributed by atoms with Gasteiger partial charge in [0.2, 0.25) is 0 Å². The summed E-state index contributed by atoms with van der Waals surface area (Å²) in [5.74, 6) is -1.22. The third-order valence-corrected chi connectivity index (χ3v) is 10.2. The summed E-state index contributed by atoms with van der Waals surface area (Å²) in [5.41, 5.74) is 18.7. The molecule has 0 aliphatic heterocycles. The topological polar surface area (TPSA) is 291 Å². The molecule has 82 heavy (non-hydrogen) atoms. The fourth-order valence-corrected chi connectivity index (χ4v) is 6.44. The van der Waals surface area contributed by atoms with E-state index in [0.717, 1.165) is 44.8 Å². The van der Waals surface area contributed by atoms with Gasteiger partial charge in [0, 0.05) is 107 Å². The maximum Gasteiger partial charge on any atom is 0.407 e. The molecule has 4 amide bonds. The summed E-state index contributed by atoms with van der Waals surface area (Å²) < 4.78 is 24.8. The Kier molecular flexibility index (Phi) is 37.5. The molecule has 3 heterocycles. The third kappa shape index (κ3) is 30.1. The van der Waals surface area contributed by atoms with Gasteiger partial charge in [-0.05, 0) is 131 Å². The van der Waals surface area contributed by atoms with E-state index in [4.69, 9.17) is 35.5 Å². The Morgan fingerprint density at radius 2 is 0.793 bits per heavy atom. The van der Waals surface area contributed by atoms with Gasteiger partial charge in [0.15, 0.2) is 0 Å². The zero-order chi connectivity index (χ0) is 57.5. The molecule has 0 fully saturated rings. The lowest BCUT2D eigenvalue weighted by Gasteiger charge is -2.19. The van der Waals surface area contributed by atoms with E-state index in [1.54, 1.807) is 103 Å². The minimum absolute atomic E-state index is 0. The minimum Gasteiger partial charge on any atom is -0.478 e. The quantitative estimate of drug-likeness (QED) is 0.0371. The second kappa shape index (κ2) is 40.3. The highest BCUT2D eigenvalue weighted by atomic mass is 35.5. The lowest BCUT2D eigenvalue weighted by molar-refractivity contribution is 0.0512. The van der Waals surface area contributed by atoms with Crippen LogP contribution in [-0.2, 0) is 43.3 Å². The van der Waals surface area contributed by atoms with Gasteiger partial charge in [-0.2, -0.15) is 0 Å². The monoisotopic (exact) mass is 1160 g/mol. The number of halogens is 1. The summed E-state index contributed by atoms with van der Waals surface area (Å²) in [6, 6.07) is 32.2. The predicted octanol–water partition coefficient (Wildman–Crippen LogP) is 10.1. The van der Waals surface area contributed by atoms with Crippen LogP contribution >= 0.6 is 12.4 Å². The van der Waals surface area contributed by atoms with E-state index in [1.165, 1.54) is 12.1 Å². The van der Waals surface area contributed by atoms with Crippen LogP contribution in [0.15, 0.2) is 128 Å². The summed E-state index contributed by atoms with van der Waals surface area (Å²) in [7, 11) is 4.82. The van der Waals surface area contributed by atoms with Gasteiger partial charge in [0.05, 0.1) is 42.5 Å². The van der Waals surface area contributed by atoms with E-state index in [0.29, 0.717) is 75.9 Å². The van der Waals surface area contributed by atoms with E-state index in [-0.39, 0.29) is 52.1 Å². The van der Waals surface area contributed by atoms with Crippen LogP contribution in [0.2, 0.25) is 0 Å². The summed E-state index contributed by atoms with van der Waals surface area (Å²) in [6.45, 7) is 15.2. The molecule has 20 nitrogen and oxygen atoms in total. The van der Waals surface area contributed by atoms with Crippen LogP contribution in [-0.4, -0.2) is 122 Å². The first-order valence-corrected chi connectivity index (χ1v) is 25.0. The fraction of sp³-hybridized carbons (Fsp3) is 0.377. The Labute approximate surface area is 491 Å². The third-order valence-electron chi connectivity index (χ3n) is 10.2. The average molecular weight is 1160 g/mol. The van der Waals surface area contributed by atoms with Crippen LogP contribution < -0.4 is 32.7 Å². The number of aromatic carboxylic acids is 1. The molecule has 0 radical (unpaired) electrons. The summed E-state index contributed by atoms with van der Waals surface area (Å²) in [6.07, 6.45) is 4.13. The van der Waals surface area contributed by atoms with Crippen LogP contribution in [0.5, 0.6) is 0 Å². The number of carboxylic acid groups (broad SMARTS) is 1. The first kappa shape index (κ1) is 76.2. The molecule has 0 atom stereocenters. The zero-order valence-electron chi connectivity index (χ0n) is 46.4. The molecular weight excluding hydrogens is 1070 g/mol. The van der Waals surface area contributed by atoms with Gasteiger partial charge < -0.3 is 61.5 Å². The number of alkyl carbamates (subject to hydrolysis) is 2. The molecule has 0 aliphatic rings. The standard InChI is InChI=1S/C21H27N3O4.C18H20N2O4.C16H19N3O2.C3H9NO.3CH4.ClH/c1-21(2,3)28-20(26)24-14-15-9-10-22-18(13-15)16-5-7-17(8-6-16)19(25)23-11-12-27-4;1-18(2,3)24-17(23)20-11-12-8-9-19-15(10-12)13-4-6-14(7-5-13)16(21)22;1-21-9-8-19-16(20)14-4-2-13(3-5-14)15-10-12(11-17)6-7-18-15;1-5-3-2-4;;;;/h5-10,13H,11-12,14H2,1-4H3,(H,23,25)(H,24,26);4-10H,11H2,1-3H3,(H,20,23)(H,21,22);2-7,10H,8-9,11,17H2,1H3,(H,19,20);2-4H2,1H3;3*1H4;1H. The maximum atomic E-state index is 12.0. The minimum atomic E-state index is -0.968. The van der Waals surface area contributed by atoms with Crippen LogP contribution in [0.25, 0.3) is 33.8 Å². The number of carbonyl (C=O) groups excluding carboxylic acids is 4. The fourth-order valence-electron chi connectivity index (χ4n) is 6.44. The molecule has 0 bridgehead atoms. The number of aromatic nitrogens is 3. The van der Waals surface area contributed by atoms with Gasteiger partial charge in [-0.25, -0.2) is 14.4 Å². The summed E-state index contributed by atoms with van der Waals surface area (Å²) >= 11 is 0. The second-order valence-electron chi connectivity index (χ2n) is 18.9. The largest absolute Gasteiger partial charge is 0.478 e. The van der Waals surface area contributed by atoms with Crippen LogP contribution in [0.3, 0.4) is 0 Å². The number of benzene rings is 3. The van der Waals surface area contributed by atoms with Gasteiger partial charge in [0.25, 0.3) is 11.8 Å². The highest BCUT2D eigenvalue weighted by Crippen LogP contribution is 2.22. The number of carbonyl (C=O) groups is 5. The molecule has 450 valence electrons. The smallest absolute Gasteiger partial charge is 0.407 e. The number of methoxy groups -OCH3 is 3. The zero-order valence-corrected chi connectivity index (χ0v) is 47.2. The Morgan fingerprint density at radius 3 is 1.07 bits per heavy atom. The number of nitrogens with two attached hydrogens (primary N) is 2. The van der Waals surface area contributed by atoms with Crippen LogP contribution in [0.4, 0.5) is 9.59 Å². The first-order chi connectivity index (χ1) is 37.2. The molecule has 0 saturated carbocycles. The molecule has 3 aromatic carbocycles. The Balaban J connectivity index is 0. The van der Waals surface area contributed by atoms with E-state index in [2.05, 4.69) is 41.0 Å². The maximum absolute atomic E-state index is 12.0. The first-order valence-electron chi connectivity index (χ1n) is 25.0. The van der Waals surface area contributed by atoms with Crippen molar-refractivity contribution in [3.63, 3.8) is 0 Å². The molecular formula is C61H88ClN9O11. The molecule has 0 saturated heterocycles. The molecule has 6 rings (SSSR count). The SMILES string of the molecule is C.C.C.CC(C)(C)OC(=O)NCc1ccnc(-c2ccc(C(=O)O)cc2)c1.COCCN.COCCNC(=O)c1ccc(-c2cc(CN)ccn2)cc1.COCCNC(=O)c1ccc(-c2cc(CNC(=O)OC(C)(C)C)ccn2)cc1.Cl. The van der Waals surface area contributed by atoms with Crippen molar-refractivity contribution in [2.75, 3.05) is 60.8 Å². The normalized spacial score (nSPS) is 10.1. The number of rotatable bonds is 19. The molecule has 21 heteroatoms. The Hall–Kier alpha value is -7.85. The molecule has 9 N–H and O–H groups in total. The van der Waals surface area contributed by atoms with E-state index in [9.17, 15) is 24.0 Å². The van der Waals surface area contributed by atoms with Gasteiger partial charge in [-0.3, -0.25) is 24.5 Å². The van der Waals surface area contributed by atoms with Crippen molar-refractivity contribution in [1.82, 2.24) is 36.2 Å². The number of hydrogen-bond acceptors (Lipinski definition) is 15. The van der Waals surface area contributed by atoms with Crippen LogP contribution in [0, 0.1) is 0 Å². The van der Waals surface area contributed by atoms with Gasteiger partial charge >= 0.3 is 18.2 Å². The van der Waals surface area contributed by atoms with Crippen molar-refractivity contribution in [1.29, 1.82) is 0 Å². The molecule has 0 aliphatic carbocycles. The lowest BCUT2D eigenvalue weighted by Crippen LogP contribution is -2.32. The second-order valence-corrected chi connectivity index (χ2v) is 18.9. The Bertz CT molecular complexity index is 2790. The molecule has 3 aromatic heterocycles. The summed E-state index contributed by atoms with van der Waals surface area (Å²) in [5, 5.41) is 19.9. The number of nitrogens with zero attached hydrogens (tertiary/aromatic N) is 3. The van der Waals surface area contributed by atoms with E-state index in [1.807, 2.05) is 75.4 Å². The number of ether oxygens (including phenoxy) is 5. The van der Waals surface area contributed by atoms with Gasteiger partial charge in [0.1, 0.15) is 11.2 Å². The van der Waals surface area contributed by atoms with Crippen molar-refractivity contribution >= 4 is 42.4 Å². The van der Waals surface area contributed by atoms with Crippen molar-refractivity contribution in [3.05, 3.63) is 161 Å².